The summed E-state index contributed by atoms with van der Waals surface area (Å²) in [5.41, 5.74) is 0.361. The third kappa shape index (κ3) is 5.14. The standard InChI is InChI=1S/C22H29FN2O4/c1-14-6-5-9-19(15(14)2)25-12-17(10-21(25)27)22(28)29-13-20(26)24-11-16-7-3-4-8-18(16)23/h3-4,7-8,14-15,17,19H,5-6,9-13H2,1-2H3,(H,24,26)/t14-,15+,17+,19+/m0/s1. The van der Waals surface area contributed by atoms with Crippen LogP contribution in [0.1, 0.15) is 45.1 Å². The molecule has 0 spiro atoms. The van der Waals surface area contributed by atoms with Crippen molar-refractivity contribution in [1.82, 2.24) is 10.2 Å². The first-order valence-corrected chi connectivity index (χ1v) is 10.3. The van der Waals surface area contributed by atoms with Crippen molar-refractivity contribution in [2.75, 3.05) is 13.2 Å². The summed E-state index contributed by atoms with van der Waals surface area (Å²) in [6, 6.07) is 6.32. The molecule has 1 aliphatic carbocycles. The first-order chi connectivity index (χ1) is 13.9. The minimum Gasteiger partial charge on any atom is -0.455 e. The average molecular weight is 404 g/mol. The molecular formula is C22H29FN2O4. The second-order valence-corrected chi connectivity index (χ2v) is 8.26. The summed E-state index contributed by atoms with van der Waals surface area (Å²) in [7, 11) is 0. The van der Waals surface area contributed by atoms with Gasteiger partial charge in [0.1, 0.15) is 5.82 Å². The van der Waals surface area contributed by atoms with E-state index in [0.717, 1.165) is 12.8 Å². The van der Waals surface area contributed by atoms with Gasteiger partial charge in [-0.25, -0.2) is 4.39 Å². The number of amides is 2. The molecule has 1 heterocycles. The molecule has 1 aliphatic heterocycles. The second kappa shape index (κ2) is 9.37. The quantitative estimate of drug-likeness (QED) is 0.740. The summed E-state index contributed by atoms with van der Waals surface area (Å²) in [5.74, 6) is -1.01. The minimum atomic E-state index is -0.536. The molecule has 6 nitrogen and oxygen atoms in total. The zero-order chi connectivity index (χ0) is 21.0. The van der Waals surface area contributed by atoms with Crippen LogP contribution >= 0.6 is 0 Å². The van der Waals surface area contributed by atoms with Gasteiger partial charge in [0, 0.05) is 31.1 Å². The van der Waals surface area contributed by atoms with Crippen LogP contribution in [0.25, 0.3) is 0 Å². The maximum Gasteiger partial charge on any atom is 0.311 e. The van der Waals surface area contributed by atoms with Crippen molar-refractivity contribution in [1.29, 1.82) is 0 Å². The van der Waals surface area contributed by atoms with Crippen LogP contribution in [-0.2, 0) is 25.7 Å². The number of rotatable bonds is 6. The molecule has 2 amide bonds. The fraction of sp³-hybridized carbons (Fsp3) is 0.591. The third-order valence-electron chi connectivity index (χ3n) is 6.34. The molecule has 158 valence electrons. The number of nitrogens with zero attached hydrogens (tertiary/aromatic N) is 1. The van der Waals surface area contributed by atoms with Gasteiger partial charge < -0.3 is 15.0 Å². The van der Waals surface area contributed by atoms with Crippen LogP contribution in [0.5, 0.6) is 0 Å². The predicted molar refractivity (Wildman–Crippen MR) is 105 cm³/mol. The topological polar surface area (TPSA) is 75.7 Å². The molecule has 1 saturated carbocycles. The predicted octanol–water partition coefficient (Wildman–Crippen LogP) is 2.66. The fourth-order valence-electron chi connectivity index (χ4n) is 4.34. The van der Waals surface area contributed by atoms with Crippen molar-refractivity contribution < 1.29 is 23.5 Å². The number of carbonyl (C=O) groups excluding carboxylic acids is 3. The molecule has 7 heteroatoms. The first-order valence-electron chi connectivity index (χ1n) is 10.3. The summed E-state index contributed by atoms with van der Waals surface area (Å²) >= 11 is 0. The number of esters is 1. The van der Waals surface area contributed by atoms with Crippen molar-refractivity contribution in [3.05, 3.63) is 35.6 Å². The molecule has 0 aromatic heterocycles. The maximum absolute atomic E-state index is 13.6. The molecule has 2 fully saturated rings. The lowest BCUT2D eigenvalue weighted by atomic mass is 9.77. The largest absolute Gasteiger partial charge is 0.455 e. The SMILES string of the molecule is C[C@H]1[C@H](N2C[C@H](C(=O)OCC(=O)NCc3ccccc3F)CC2=O)CCC[C@@H]1C. The molecule has 0 bridgehead atoms. The van der Waals surface area contributed by atoms with E-state index >= 15 is 0 Å². The summed E-state index contributed by atoms with van der Waals surface area (Å²) in [6.45, 7) is 4.33. The molecule has 3 rings (SSSR count). The van der Waals surface area contributed by atoms with Crippen molar-refractivity contribution in [3.8, 4) is 0 Å². The van der Waals surface area contributed by atoms with E-state index in [0.29, 0.717) is 23.9 Å². The number of likely N-dealkylation sites (tertiary alicyclic amines) is 1. The Kier molecular flexibility index (Phi) is 6.87. The number of hydrogen-bond donors (Lipinski definition) is 1. The number of benzene rings is 1. The van der Waals surface area contributed by atoms with E-state index in [1.165, 1.54) is 12.5 Å². The smallest absolute Gasteiger partial charge is 0.311 e. The normalized spacial score (nSPS) is 27.0. The van der Waals surface area contributed by atoms with E-state index in [1.54, 1.807) is 18.2 Å². The highest BCUT2D eigenvalue weighted by atomic mass is 19.1. The maximum atomic E-state index is 13.6. The lowest BCUT2D eigenvalue weighted by Crippen LogP contribution is -2.45. The van der Waals surface area contributed by atoms with Crippen molar-refractivity contribution in [2.45, 2.75) is 52.1 Å². The molecule has 1 aromatic rings. The Morgan fingerprint density at radius 3 is 2.76 bits per heavy atom. The van der Waals surface area contributed by atoms with Crippen LogP contribution in [0.3, 0.4) is 0 Å². The molecule has 1 saturated heterocycles. The van der Waals surface area contributed by atoms with Crippen LogP contribution < -0.4 is 5.32 Å². The summed E-state index contributed by atoms with van der Waals surface area (Å²) in [4.78, 5) is 38.6. The van der Waals surface area contributed by atoms with Crippen LogP contribution in [-0.4, -0.2) is 41.9 Å². The Morgan fingerprint density at radius 2 is 2.00 bits per heavy atom. The highest BCUT2D eigenvalue weighted by molar-refractivity contribution is 5.88. The van der Waals surface area contributed by atoms with Crippen LogP contribution in [0, 0.1) is 23.6 Å². The number of ether oxygens (including phenoxy) is 1. The summed E-state index contributed by atoms with van der Waals surface area (Å²) in [6.07, 6.45) is 3.37. The molecule has 1 N–H and O–H groups in total. The van der Waals surface area contributed by atoms with Gasteiger partial charge in [-0.3, -0.25) is 14.4 Å². The zero-order valence-electron chi connectivity index (χ0n) is 17.0. The van der Waals surface area contributed by atoms with E-state index in [1.807, 2.05) is 4.90 Å². The highest BCUT2D eigenvalue weighted by Gasteiger charge is 2.42. The van der Waals surface area contributed by atoms with E-state index in [9.17, 15) is 18.8 Å². The lowest BCUT2D eigenvalue weighted by molar-refractivity contribution is -0.152. The molecule has 0 radical (unpaired) electrons. The van der Waals surface area contributed by atoms with Gasteiger partial charge in [-0.1, -0.05) is 44.9 Å². The monoisotopic (exact) mass is 404 g/mol. The number of nitrogens with one attached hydrogen (secondary N) is 1. The van der Waals surface area contributed by atoms with Gasteiger partial charge in [0.25, 0.3) is 5.91 Å². The van der Waals surface area contributed by atoms with E-state index in [-0.39, 0.29) is 24.9 Å². The van der Waals surface area contributed by atoms with Crippen molar-refractivity contribution in [2.24, 2.45) is 17.8 Å². The number of halogens is 1. The Hall–Kier alpha value is -2.44. The fourth-order valence-corrected chi connectivity index (χ4v) is 4.34. The van der Waals surface area contributed by atoms with E-state index in [4.69, 9.17) is 4.74 Å². The molecule has 0 unspecified atom stereocenters. The van der Waals surface area contributed by atoms with Gasteiger partial charge in [0.05, 0.1) is 5.92 Å². The average Bonchev–Trinajstić information content (AvgIpc) is 3.09. The molecule has 2 aliphatic rings. The third-order valence-corrected chi connectivity index (χ3v) is 6.34. The molecular weight excluding hydrogens is 375 g/mol. The van der Waals surface area contributed by atoms with E-state index < -0.39 is 30.2 Å². The Bertz CT molecular complexity index is 769. The van der Waals surface area contributed by atoms with Crippen molar-refractivity contribution in [3.63, 3.8) is 0 Å². The number of carbonyl (C=O) groups is 3. The summed E-state index contributed by atoms with van der Waals surface area (Å²) in [5, 5.41) is 2.53. The van der Waals surface area contributed by atoms with Crippen LogP contribution in [0.15, 0.2) is 24.3 Å². The van der Waals surface area contributed by atoms with Crippen LogP contribution in [0.2, 0.25) is 0 Å². The molecule has 1 aromatic carbocycles. The molecule has 29 heavy (non-hydrogen) atoms. The Balaban J connectivity index is 1.45. The summed E-state index contributed by atoms with van der Waals surface area (Å²) < 4.78 is 18.7. The highest BCUT2D eigenvalue weighted by Crippen LogP contribution is 2.35. The Morgan fingerprint density at radius 1 is 1.24 bits per heavy atom. The zero-order valence-corrected chi connectivity index (χ0v) is 17.0. The number of hydrogen-bond acceptors (Lipinski definition) is 4. The second-order valence-electron chi connectivity index (χ2n) is 8.26. The van der Waals surface area contributed by atoms with Gasteiger partial charge in [-0.2, -0.15) is 0 Å². The first kappa shape index (κ1) is 21.3. The van der Waals surface area contributed by atoms with Gasteiger partial charge in [-0.15, -0.1) is 0 Å². The van der Waals surface area contributed by atoms with Gasteiger partial charge in [0.2, 0.25) is 5.91 Å². The van der Waals surface area contributed by atoms with E-state index in [2.05, 4.69) is 19.2 Å². The van der Waals surface area contributed by atoms with Gasteiger partial charge >= 0.3 is 5.97 Å². The lowest BCUT2D eigenvalue weighted by Gasteiger charge is -2.39. The van der Waals surface area contributed by atoms with Gasteiger partial charge in [0.15, 0.2) is 6.61 Å². The van der Waals surface area contributed by atoms with Crippen molar-refractivity contribution >= 4 is 17.8 Å². The van der Waals surface area contributed by atoms with Gasteiger partial charge in [-0.05, 0) is 24.3 Å². The Labute approximate surface area is 170 Å². The molecule has 4 atom stereocenters. The van der Waals surface area contributed by atoms with Crippen LogP contribution in [0.4, 0.5) is 4.39 Å². The minimum absolute atomic E-state index is 0.0121.